The SMILES string of the molecule is CCC1(Cc2ccccc2)NC(=O)C(Cc2c(OC)cccc2[N+](=O)[O-])N(C)C1=O. The van der Waals surface area contributed by atoms with Crippen molar-refractivity contribution in [3.8, 4) is 5.75 Å². The molecule has 2 aromatic carbocycles. The molecular weight excluding hydrogens is 386 g/mol. The number of methoxy groups -OCH3 is 1. The molecule has 2 unspecified atom stereocenters. The molecule has 1 saturated heterocycles. The maximum atomic E-state index is 13.3. The molecule has 1 heterocycles. The average Bonchev–Trinajstić information content (AvgIpc) is 2.75. The van der Waals surface area contributed by atoms with Crippen molar-refractivity contribution in [2.75, 3.05) is 14.2 Å². The van der Waals surface area contributed by atoms with Crippen molar-refractivity contribution in [2.45, 2.75) is 37.8 Å². The molecule has 2 amide bonds. The molecule has 2 aromatic rings. The van der Waals surface area contributed by atoms with Crippen LogP contribution < -0.4 is 10.1 Å². The topological polar surface area (TPSA) is 102 Å². The first-order valence-corrected chi connectivity index (χ1v) is 9.76. The van der Waals surface area contributed by atoms with Gasteiger partial charge in [-0.2, -0.15) is 0 Å². The highest BCUT2D eigenvalue weighted by Crippen LogP contribution is 2.32. The van der Waals surface area contributed by atoms with Crippen LogP contribution in [0.3, 0.4) is 0 Å². The minimum absolute atomic E-state index is 0.0144. The summed E-state index contributed by atoms with van der Waals surface area (Å²) in [6, 6.07) is 13.1. The second-order valence-corrected chi connectivity index (χ2v) is 7.44. The van der Waals surface area contributed by atoms with Gasteiger partial charge in [0.15, 0.2) is 0 Å². The molecule has 2 atom stereocenters. The van der Waals surface area contributed by atoms with Gasteiger partial charge in [-0.05, 0) is 18.1 Å². The molecule has 0 spiro atoms. The minimum Gasteiger partial charge on any atom is -0.496 e. The van der Waals surface area contributed by atoms with Crippen LogP contribution >= 0.6 is 0 Å². The number of carbonyl (C=O) groups excluding carboxylic acids is 2. The Kier molecular flexibility index (Phi) is 6.05. The number of rotatable bonds is 7. The molecular formula is C22H25N3O5. The van der Waals surface area contributed by atoms with Crippen LogP contribution in [-0.4, -0.2) is 47.4 Å². The van der Waals surface area contributed by atoms with Crippen LogP contribution in [0.1, 0.15) is 24.5 Å². The fourth-order valence-electron chi connectivity index (χ4n) is 4.00. The van der Waals surface area contributed by atoms with Crippen LogP contribution in [0.5, 0.6) is 5.75 Å². The molecule has 158 valence electrons. The molecule has 1 aliphatic heterocycles. The van der Waals surface area contributed by atoms with E-state index < -0.39 is 16.5 Å². The number of piperazine rings is 1. The molecule has 3 rings (SSSR count). The van der Waals surface area contributed by atoms with E-state index in [1.807, 2.05) is 37.3 Å². The molecule has 30 heavy (non-hydrogen) atoms. The van der Waals surface area contributed by atoms with Gasteiger partial charge in [0.1, 0.15) is 17.3 Å². The predicted octanol–water partition coefficient (Wildman–Crippen LogP) is 2.49. The number of hydrogen-bond acceptors (Lipinski definition) is 5. The summed E-state index contributed by atoms with van der Waals surface area (Å²) in [7, 11) is 2.99. The number of nitrogens with zero attached hydrogens (tertiary/aromatic N) is 2. The van der Waals surface area contributed by atoms with Gasteiger partial charge in [0.25, 0.3) is 5.69 Å². The molecule has 1 N–H and O–H groups in total. The normalized spacial score (nSPS) is 21.3. The summed E-state index contributed by atoms with van der Waals surface area (Å²) in [5, 5.41) is 14.4. The Labute approximate surface area is 175 Å². The molecule has 1 aliphatic rings. The molecule has 0 aromatic heterocycles. The van der Waals surface area contributed by atoms with Gasteiger partial charge >= 0.3 is 0 Å². The predicted molar refractivity (Wildman–Crippen MR) is 111 cm³/mol. The van der Waals surface area contributed by atoms with Crippen molar-refractivity contribution in [2.24, 2.45) is 0 Å². The van der Waals surface area contributed by atoms with Gasteiger partial charge in [0.2, 0.25) is 11.8 Å². The zero-order valence-electron chi connectivity index (χ0n) is 17.3. The summed E-state index contributed by atoms with van der Waals surface area (Å²) in [4.78, 5) is 38.8. The summed E-state index contributed by atoms with van der Waals surface area (Å²) < 4.78 is 5.28. The first kappa shape index (κ1) is 21.3. The first-order valence-electron chi connectivity index (χ1n) is 9.76. The number of nitrogens with one attached hydrogen (secondary N) is 1. The van der Waals surface area contributed by atoms with Gasteiger partial charge < -0.3 is 15.0 Å². The number of nitro benzene ring substituents is 1. The van der Waals surface area contributed by atoms with Crippen molar-refractivity contribution in [1.29, 1.82) is 0 Å². The van der Waals surface area contributed by atoms with Gasteiger partial charge in [-0.3, -0.25) is 19.7 Å². The van der Waals surface area contributed by atoms with Crippen LogP contribution in [0.15, 0.2) is 48.5 Å². The maximum Gasteiger partial charge on any atom is 0.276 e. The number of hydrogen-bond donors (Lipinski definition) is 1. The second kappa shape index (κ2) is 8.52. The summed E-state index contributed by atoms with van der Waals surface area (Å²) in [5.41, 5.74) is 0.0489. The van der Waals surface area contributed by atoms with Crippen LogP contribution in [0.2, 0.25) is 0 Å². The molecule has 8 heteroatoms. The Balaban J connectivity index is 1.92. The van der Waals surface area contributed by atoms with Crippen molar-refractivity contribution in [3.05, 3.63) is 69.8 Å². The van der Waals surface area contributed by atoms with E-state index in [0.717, 1.165) is 5.56 Å². The van der Waals surface area contributed by atoms with Gasteiger partial charge in [-0.1, -0.05) is 43.3 Å². The number of ether oxygens (including phenoxy) is 1. The van der Waals surface area contributed by atoms with Crippen molar-refractivity contribution in [3.63, 3.8) is 0 Å². The van der Waals surface area contributed by atoms with E-state index in [-0.39, 0.29) is 29.5 Å². The molecule has 0 saturated carbocycles. The summed E-state index contributed by atoms with van der Waals surface area (Å²) in [6.45, 7) is 1.86. The van der Waals surface area contributed by atoms with Crippen molar-refractivity contribution < 1.29 is 19.2 Å². The lowest BCUT2D eigenvalue weighted by atomic mass is 9.83. The van der Waals surface area contributed by atoms with E-state index in [9.17, 15) is 19.7 Å². The fourth-order valence-corrected chi connectivity index (χ4v) is 4.00. The van der Waals surface area contributed by atoms with Crippen molar-refractivity contribution in [1.82, 2.24) is 10.2 Å². The third-order valence-corrected chi connectivity index (χ3v) is 5.74. The highest BCUT2D eigenvalue weighted by molar-refractivity contribution is 6.00. The number of benzene rings is 2. The summed E-state index contributed by atoms with van der Waals surface area (Å²) in [6.07, 6.45) is 0.790. The standard InChI is InChI=1S/C22H25N3O5/c1-4-22(14-15-9-6-5-7-10-15)21(27)24(2)18(20(26)23-22)13-16-17(25(28)29)11-8-12-19(16)30-3/h5-12,18H,4,13-14H2,1-3H3,(H,23,26). The number of carbonyl (C=O) groups is 2. The summed E-state index contributed by atoms with van der Waals surface area (Å²) in [5.74, 6) is -0.236. The Morgan fingerprint density at radius 1 is 1.17 bits per heavy atom. The van der Waals surface area contributed by atoms with E-state index in [4.69, 9.17) is 4.74 Å². The molecule has 0 radical (unpaired) electrons. The first-order chi connectivity index (χ1) is 14.3. The van der Waals surface area contributed by atoms with Gasteiger partial charge in [-0.15, -0.1) is 0 Å². The number of amides is 2. The molecule has 0 aliphatic carbocycles. The molecule has 0 bridgehead atoms. The van der Waals surface area contributed by atoms with Crippen LogP contribution in [0.4, 0.5) is 5.69 Å². The van der Waals surface area contributed by atoms with Crippen molar-refractivity contribution >= 4 is 17.5 Å². The van der Waals surface area contributed by atoms with Crippen LogP contribution in [-0.2, 0) is 22.4 Å². The highest BCUT2D eigenvalue weighted by Gasteiger charge is 2.49. The lowest BCUT2D eigenvalue weighted by Crippen LogP contribution is -2.70. The van der Waals surface area contributed by atoms with E-state index in [1.54, 1.807) is 13.1 Å². The number of likely N-dealkylation sites (N-methyl/N-ethyl adjacent to an activating group) is 1. The number of nitro groups is 1. The lowest BCUT2D eigenvalue weighted by molar-refractivity contribution is -0.385. The average molecular weight is 411 g/mol. The van der Waals surface area contributed by atoms with Crippen LogP contribution in [0, 0.1) is 10.1 Å². The van der Waals surface area contributed by atoms with Gasteiger partial charge in [0, 0.05) is 26.0 Å². The summed E-state index contributed by atoms with van der Waals surface area (Å²) >= 11 is 0. The monoisotopic (exact) mass is 411 g/mol. The van der Waals surface area contributed by atoms with E-state index >= 15 is 0 Å². The minimum atomic E-state index is -1.05. The smallest absolute Gasteiger partial charge is 0.276 e. The zero-order valence-corrected chi connectivity index (χ0v) is 17.3. The Morgan fingerprint density at radius 2 is 1.87 bits per heavy atom. The second-order valence-electron chi connectivity index (χ2n) is 7.44. The van der Waals surface area contributed by atoms with Crippen LogP contribution in [0.25, 0.3) is 0 Å². The highest BCUT2D eigenvalue weighted by atomic mass is 16.6. The van der Waals surface area contributed by atoms with Gasteiger partial charge in [0.05, 0.1) is 17.6 Å². The lowest BCUT2D eigenvalue weighted by Gasteiger charge is -2.44. The van der Waals surface area contributed by atoms with E-state index in [0.29, 0.717) is 18.6 Å². The molecule has 1 fully saturated rings. The largest absolute Gasteiger partial charge is 0.496 e. The third-order valence-electron chi connectivity index (χ3n) is 5.74. The Morgan fingerprint density at radius 3 is 2.47 bits per heavy atom. The van der Waals surface area contributed by atoms with E-state index in [1.165, 1.54) is 24.1 Å². The maximum absolute atomic E-state index is 13.3. The quantitative estimate of drug-likeness (QED) is 0.557. The van der Waals surface area contributed by atoms with E-state index in [2.05, 4.69) is 5.32 Å². The molecule has 8 nitrogen and oxygen atoms in total. The Hall–Kier alpha value is -3.42. The third kappa shape index (κ3) is 3.85. The zero-order chi connectivity index (χ0) is 21.9. The Bertz CT molecular complexity index is 963. The fraction of sp³-hybridized carbons (Fsp3) is 0.364. The van der Waals surface area contributed by atoms with Gasteiger partial charge in [-0.25, -0.2) is 0 Å².